The van der Waals surface area contributed by atoms with Gasteiger partial charge in [-0.2, -0.15) is 5.10 Å². The molecule has 0 aliphatic carbocycles. The van der Waals surface area contributed by atoms with Crippen molar-refractivity contribution in [1.29, 1.82) is 0 Å². The summed E-state index contributed by atoms with van der Waals surface area (Å²) in [6, 6.07) is 4.94. The van der Waals surface area contributed by atoms with Crippen LogP contribution in [0.5, 0.6) is 5.75 Å². The van der Waals surface area contributed by atoms with E-state index in [2.05, 4.69) is 10.2 Å². The molecule has 1 unspecified atom stereocenters. The van der Waals surface area contributed by atoms with Gasteiger partial charge in [0, 0.05) is 5.56 Å². The zero-order valence-electron chi connectivity index (χ0n) is 14.1. The highest BCUT2D eigenvalue weighted by Crippen LogP contribution is 2.17. The van der Waals surface area contributed by atoms with Crippen LogP contribution in [0.15, 0.2) is 29.1 Å². The molecule has 1 aliphatic heterocycles. The van der Waals surface area contributed by atoms with Gasteiger partial charge >= 0.3 is 11.7 Å². The first-order chi connectivity index (χ1) is 12.9. The zero-order chi connectivity index (χ0) is 19.6. The normalized spacial score (nSPS) is 15.9. The summed E-state index contributed by atoms with van der Waals surface area (Å²) in [5.41, 5.74) is 4.98. The lowest BCUT2D eigenvalue weighted by Gasteiger charge is -2.32. The lowest BCUT2D eigenvalue weighted by molar-refractivity contribution is -0.153. The summed E-state index contributed by atoms with van der Waals surface area (Å²) in [5, 5.41) is 15.4. The highest BCUT2D eigenvalue weighted by atomic mass is 16.5. The number of aromatic amines is 1. The molecule has 1 aliphatic rings. The number of amides is 2. The first-order valence-corrected chi connectivity index (χ1v) is 8.06. The number of nitrogens with one attached hydrogen (secondary N) is 1. The number of nitrogens with two attached hydrogens (primary N) is 1. The van der Waals surface area contributed by atoms with E-state index in [0.29, 0.717) is 17.1 Å². The summed E-state index contributed by atoms with van der Waals surface area (Å²) in [5.74, 6) is -1.45. The average Bonchev–Trinajstić information content (AvgIpc) is 3.01. The Labute approximate surface area is 152 Å². The average molecular weight is 375 g/mol. The summed E-state index contributed by atoms with van der Waals surface area (Å²) in [7, 11) is 0. The van der Waals surface area contributed by atoms with Crippen LogP contribution in [0.1, 0.15) is 22.6 Å². The monoisotopic (exact) mass is 375 g/mol. The molecule has 11 nitrogen and oxygen atoms in total. The van der Waals surface area contributed by atoms with E-state index in [0.717, 1.165) is 4.90 Å². The van der Waals surface area contributed by atoms with Gasteiger partial charge in [0.2, 0.25) is 11.8 Å². The van der Waals surface area contributed by atoms with Gasteiger partial charge in [-0.1, -0.05) is 0 Å². The summed E-state index contributed by atoms with van der Waals surface area (Å²) < 4.78 is 6.66. The lowest BCUT2D eigenvalue weighted by atomic mass is 10.1. The smallest absolute Gasteiger partial charge is 0.343 e. The first-order valence-electron chi connectivity index (χ1n) is 8.06. The number of fused-ring (bicyclic) bond motifs is 1. The van der Waals surface area contributed by atoms with Gasteiger partial charge in [-0.15, -0.1) is 0 Å². The molecule has 0 spiro atoms. The largest absolute Gasteiger partial charge is 0.493 e. The van der Waals surface area contributed by atoms with Crippen LogP contribution in [-0.2, 0) is 22.7 Å². The molecule has 0 radical (unpaired) electrons. The molecule has 0 saturated carbocycles. The van der Waals surface area contributed by atoms with E-state index in [4.69, 9.17) is 10.5 Å². The molecule has 4 N–H and O–H groups in total. The second-order valence-electron chi connectivity index (χ2n) is 5.92. The van der Waals surface area contributed by atoms with E-state index < -0.39 is 29.5 Å². The van der Waals surface area contributed by atoms with Crippen LogP contribution in [0.2, 0.25) is 0 Å². The van der Waals surface area contributed by atoms with Crippen LogP contribution < -0.4 is 16.2 Å². The predicted molar refractivity (Wildman–Crippen MR) is 89.9 cm³/mol. The third kappa shape index (κ3) is 3.81. The van der Waals surface area contributed by atoms with Gasteiger partial charge < -0.3 is 20.5 Å². The fraction of sp³-hybridized carbons (Fsp3) is 0.312. The number of carboxylic acid groups (broad SMARTS) is 1. The number of ether oxygens (including phenoxy) is 1. The SMILES string of the molecule is NC(=O)c1ccc(OCCC(=O)N2Cc3n[nH]c(=O)n3CC2C(=O)O)cc1. The van der Waals surface area contributed by atoms with Crippen molar-refractivity contribution in [2.24, 2.45) is 5.73 Å². The van der Waals surface area contributed by atoms with Crippen molar-refractivity contribution in [3.8, 4) is 5.75 Å². The standard InChI is InChI=1S/C16H17N5O6/c17-14(23)9-1-3-10(4-2-9)27-6-5-13(22)20-8-12-18-19-16(26)21(12)7-11(20)15(24)25/h1-4,11H,5-8H2,(H2,17,23)(H,19,26)(H,24,25). The van der Waals surface area contributed by atoms with Gasteiger partial charge in [0.15, 0.2) is 5.82 Å². The molecule has 2 aromatic rings. The van der Waals surface area contributed by atoms with E-state index in [1.807, 2.05) is 0 Å². The van der Waals surface area contributed by atoms with Crippen molar-refractivity contribution < 1.29 is 24.2 Å². The molecule has 3 rings (SSSR count). The number of aliphatic carboxylic acids is 1. The molecule has 27 heavy (non-hydrogen) atoms. The number of benzene rings is 1. The number of aromatic nitrogens is 3. The minimum Gasteiger partial charge on any atom is -0.493 e. The van der Waals surface area contributed by atoms with E-state index >= 15 is 0 Å². The van der Waals surface area contributed by atoms with E-state index in [-0.39, 0.29) is 26.1 Å². The molecular formula is C16H17N5O6. The third-order valence-electron chi connectivity index (χ3n) is 4.21. The molecule has 0 fully saturated rings. The van der Waals surface area contributed by atoms with Crippen molar-refractivity contribution in [2.45, 2.75) is 25.6 Å². The van der Waals surface area contributed by atoms with Crippen LogP contribution >= 0.6 is 0 Å². The Balaban J connectivity index is 1.61. The maximum Gasteiger partial charge on any atom is 0.343 e. The minimum absolute atomic E-state index is 0.0188. The van der Waals surface area contributed by atoms with Crippen molar-refractivity contribution >= 4 is 17.8 Å². The number of nitrogens with zero attached hydrogens (tertiary/aromatic N) is 3. The Bertz CT molecular complexity index is 932. The Morgan fingerprint density at radius 1 is 1.30 bits per heavy atom. The molecule has 142 valence electrons. The van der Waals surface area contributed by atoms with Crippen molar-refractivity contribution in [1.82, 2.24) is 19.7 Å². The highest BCUT2D eigenvalue weighted by molar-refractivity contribution is 5.92. The Hall–Kier alpha value is -3.63. The molecular weight excluding hydrogens is 358 g/mol. The van der Waals surface area contributed by atoms with E-state index in [1.54, 1.807) is 12.1 Å². The number of rotatable bonds is 6. The van der Waals surface area contributed by atoms with Gasteiger partial charge in [0.25, 0.3) is 0 Å². The summed E-state index contributed by atoms with van der Waals surface area (Å²) in [6.07, 6.45) is -0.0595. The van der Waals surface area contributed by atoms with Crippen LogP contribution in [0, 0.1) is 0 Å². The predicted octanol–water partition coefficient (Wildman–Crippen LogP) is -1.07. The molecule has 11 heteroatoms. The molecule has 2 amide bonds. The van der Waals surface area contributed by atoms with Crippen LogP contribution in [0.3, 0.4) is 0 Å². The van der Waals surface area contributed by atoms with Crippen molar-refractivity contribution in [3.05, 3.63) is 46.1 Å². The summed E-state index contributed by atoms with van der Waals surface area (Å²) >= 11 is 0. The molecule has 1 aromatic carbocycles. The molecule has 1 aromatic heterocycles. The number of hydrogen-bond acceptors (Lipinski definition) is 6. The van der Waals surface area contributed by atoms with Crippen molar-refractivity contribution in [3.63, 3.8) is 0 Å². The molecule has 0 bridgehead atoms. The lowest BCUT2D eigenvalue weighted by Crippen LogP contribution is -2.52. The Morgan fingerprint density at radius 2 is 2.00 bits per heavy atom. The van der Waals surface area contributed by atoms with Gasteiger partial charge in [-0.05, 0) is 24.3 Å². The molecule has 1 atom stereocenters. The first kappa shape index (κ1) is 18.2. The quantitative estimate of drug-likeness (QED) is 0.579. The Kier molecular flexibility index (Phi) is 4.92. The fourth-order valence-corrected chi connectivity index (χ4v) is 2.78. The number of carbonyl (C=O) groups excluding carboxylic acids is 2. The van der Waals surface area contributed by atoms with Gasteiger partial charge in [0.05, 0.1) is 26.1 Å². The van der Waals surface area contributed by atoms with E-state index in [9.17, 15) is 24.3 Å². The van der Waals surface area contributed by atoms with Crippen LogP contribution in [-0.4, -0.2) is 55.2 Å². The number of H-pyrrole nitrogens is 1. The van der Waals surface area contributed by atoms with Crippen molar-refractivity contribution in [2.75, 3.05) is 6.61 Å². The molecule has 2 heterocycles. The number of carboxylic acids is 1. The van der Waals surface area contributed by atoms with Crippen LogP contribution in [0.4, 0.5) is 0 Å². The topological polar surface area (TPSA) is 161 Å². The third-order valence-corrected chi connectivity index (χ3v) is 4.21. The number of primary amides is 1. The number of carbonyl (C=O) groups is 3. The maximum absolute atomic E-state index is 12.5. The second kappa shape index (κ2) is 7.32. The number of hydrogen-bond donors (Lipinski definition) is 3. The minimum atomic E-state index is -1.20. The second-order valence-corrected chi connectivity index (χ2v) is 5.92. The fourth-order valence-electron chi connectivity index (χ4n) is 2.78. The van der Waals surface area contributed by atoms with Gasteiger partial charge in [-0.25, -0.2) is 14.7 Å². The maximum atomic E-state index is 12.5. The molecule has 0 saturated heterocycles. The highest BCUT2D eigenvalue weighted by Gasteiger charge is 2.36. The summed E-state index contributed by atoms with van der Waals surface area (Å²) in [4.78, 5) is 47.7. The van der Waals surface area contributed by atoms with E-state index in [1.165, 1.54) is 16.7 Å². The van der Waals surface area contributed by atoms with Crippen LogP contribution in [0.25, 0.3) is 0 Å². The zero-order valence-corrected chi connectivity index (χ0v) is 14.1. The van der Waals surface area contributed by atoms with Gasteiger partial charge in [0.1, 0.15) is 11.8 Å². The summed E-state index contributed by atoms with van der Waals surface area (Å²) in [6.45, 7) is -0.228. The van der Waals surface area contributed by atoms with Gasteiger partial charge in [-0.3, -0.25) is 14.2 Å². The Morgan fingerprint density at radius 3 is 2.63 bits per heavy atom.